The predicted octanol–water partition coefficient (Wildman–Crippen LogP) is 2.95. The number of halogens is 1. The number of urea groups is 1. The number of carbonyl (C=O) groups excluding carboxylic acids is 2. The maximum absolute atomic E-state index is 13.5. The van der Waals surface area contributed by atoms with E-state index < -0.39 is 11.7 Å². The van der Waals surface area contributed by atoms with Crippen molar-refractivity contribution in [3.8, 4) is 0 Å². The Balaban J connectivity index is 1.69. The lowest BCUT2D eigenvalue weighted by molar-refractivity contribution is 0.0996. The highest BCUT2D eigenvalue weighted by molar-refractivity contribution is 5.96. The summed E-state index contributed by atoms with van der Waals surface area (Å²) in [5.74, 6) is -1.58. The lowest BCUT2D eigenvalue weighted by Crippen LogP contribution is -2.42. The highest BCUT2D eigenvalue weighted by Gasteiger charge is 2.25. The van der Waals surface area contributed by atoms with Gasteiger partial charge in [0.25, 0.3) is 5.91 Å². The zero-order chi connectivity index (χ0) is 18.0. The summed E-state index contributed by atoms with van der Waals surface area (Å²) in [4.78, 5) is 25.4. The standard InChI is InChI=1S/C19H20FN3O2/c1-23(15-8-6-12-4-2-3-5-13(12)10-15)19(25)22-14-7-9-17(20)16(11-14)18(21)24/h2-5,7,9,11,15H,6,8,10H2,1H3,(H2,21,24)(H,22,25). The molecule has 2 aromatic carbocycles. The Kier molecular flexibility index (Phi) is 4.70. The van der Waals surface area contributed by atoms with Gasteiger partial charge >= 0.3 is 6.03 Å². The predicted molar refractivity (Wildman–Crippen MR) is 94.0 cm³/mol. The van der Waals surface area contributed by atoms with Gasteiger partial charge in [0.2, 0.25) is 0 Å². The Hall–Kier alpha value is -2.89. The number of primary amides is 1. The number of nitrogens with zero attached hydrogens (tertiary/aromatic N) is 1. The van der Waals surface area contributed by atoms with Gasteiger partial charge in [0.15, 0.2) is 0 Å². The monoisotopic (exact) mass is 341 g/mol. The van der Waals surface area contributed by atoms with Crippen LogP contribution in [0.5, 0.6) is 0 Å². The Morgan fingerprint density at radius 3 is 2.64 bits per heavy atom. The van der Waals surface area contributed by atoms with Gasteiger partial charge in [-0.25, -0.2) is 9.18 Å². The molecule has 0 saturated heterocycles. The third-order valence-corrected chi connectivity index (χ3v) is 4.67. The summed E-state index contributed by atoms with van der Waals surface area (Å²) in [6.45, 7) is 0. The number of carbonyl (C=O) groups is 2. The third kappa shape index (κ3) is 3.63. The van der Waals surface area contributed by atoms with Gasteiger partial charge in [0.05, 0.1) is 5.56 Å². The fourth-order valence-corrected chi connectivity index (χ4v) is 3.18. The van der Waals surface area contributed by atoms with Crippen LogP contribution in [-0.2, 0) is 12.8 Å². The molecule has 1 unspecified atom stereocenters. The molecule has 1 aliphatic carbocycles. The number of hydrogen-bond donors (Lipinski definition) is 2. The second-order valence-electron chi connectivity index (χ2n) is 6.27. The number of aryl methyl sites for hydroxylation is 1. The summed E-state index contributed by atoms with van der Waals surface area (Å²) >= 11 is 0. The van der Waals surface area contributed by atoms with Crippen molar-refractivity contribution < 1.29 is 14.0 Å². The molecule has 0 aliphatic heterocycles. The molecule has 130 valence electrons. The fourth-order valence-electron chi connectivity index (χ4n) is 3.18. The Morgan fingerprint density at radius 1 is 1.20 bits per heavy atom. The molecule has 3 N–H and O–H groups in total. The molecule has 0 aromatic heterocycles. The van der Waals surface area contributed by atoms with Gasteiger partial charge in [-0.05, 0) is 48.6 Å². The minimum absolute atomic E-state index is 0.0889. The van der Waals surface area contributed by atoms with E-state index >= 15 is 0 Å². The van der Waals surface area contributed by atoms with Crippen molar-refractivity contribution in [1.82, 2.24) is 4.90 Å². The zero-order valence-corrected chi connectivity index (χ0v) is 14.0. The summed E-state index contributed by atoms with van der Waals surface area (Å²) < 4.78 is 13.5. The van der Waals surface area contributed by atoms with Crippen LogP contribution in [0.2, 0.25) is 0 Å². The van der Waals surface area contributed by atoms with Crippen LogP contribution in [-0.4, -0.2) is 29.9 Å². The molecule has 0 fully saturated rings. The molecule has 0 spiro atoms. The largest absolute Gasteiger partial charge is 0.366 e. The van der Waals surface area contributed by atoms with Crippen LogP contribution in [0.15, 0.2) is 42.5 Å². The topological polar surface area (TPSA) is 75.4 Å². The average Bonchev–Trinajstić information content (AvgIpc) is 2.62. The van der Waals surface area contributed by atoms with Crippen LogP contribution in [0.3, 0.4) is 0 Å². The van der Waals surface area contributed by atoms with Crippen molar-refractivity contribution >= 4 is 17.6 Å². The van der Waals surface area contributed by atoms with Gasteiger partial charge in [-0.1, -0.05) is 24.3 Å². The molecule has 3 rings (SSSR count). The maximum Gasteiger partial charge on any atom is 0.321 e. The Bertz CT molecular complexity index is 822. The molecule has 0 heterocycles. The molecular formula is C19H20FN3O2. The van der Waals surface area contributed by atoms with E-state index in [2.05, 4.69) is 17.4 Å². The van der Waals surface area contributed by atoms with E-state index in [0.29, 0.717) is 5.69 Å². The quantitative estimate of drug-likeness (QED) is 0.900. The van der Waals surface area contributed by atoms with Crippen LogP contribution in [0.4, 0.5) is 14.9 Å². The summed E-state index contributed by atoms with van der Waals surface area (Å²) in [5.41, 5.74) is 7.82. The van der Waals surface area contributed by atoms with Crippen molar-refractivity contribution in [3.05, 3.63) is 65.0 Å². The minimum atomic E-state index is -0.870. The molecule has 0 saturated carbocycles. The molecule has 6 heteroatoms. The van der Waals surface area contributed by atoms with E-state index in [4.69, 9.17) is 5.73 Å². The van der Waals surface area contributed by atoms with Gasteiger partial charge in [0, 0.05) is 18.8 Å². The summed E-state index contributed by atoms with van der Waals surface area (Å²) in [6, 6.07) is 11.8. The second kappa shape index (κ2) is 6.93. The molecular weight excluding hydrogens is 321 g/mol. The number of nitrogens with one attached hydrogen (secondary N) is 1. The first-order valence-electron chi connectivity index (χ1n) is 8.15. The SMILES string of the molecule is CN(C(=O)Nc1ccc(F)c(C(N)=O)c1)C1CCc2ccccc2C1. The number of amides is 3. The molecule has 1 aliphatic rings. The van der Waals surface area contributed by atoms with E-state index in [9.17, 15) is 14.0 Å². The summed E-state index contributed by atoms with van der Waals surface area (Å²) in [6.07, 6.45) is 2.62. The van der Waals surface area contributed by atoms with Crippen LogP contribution in [0.1, 0.15) is 27.9 Å². The lowest BCUT2D eigenvalue weighted by Gasteiger charge is -2.32. The molecule has 2 aromatic rings. The minimum Gasteiger partial charge on any atom is -0.366 e. The van der Waals surface area contributed by atoms with Crippen LogP contribution < -0.4 is 11.1 Å². The van der Waals surface area contributed by atoms with Crippen molar-refractivity contribution in [2.24, 2.45) is 5.73 Å². The number of rotatable bonds is 3. The summed E-state index contributed by atoms with van der Waals surface area (Å²) in [5, 5.41) is 2.70. The van der Waals surface area contributed by atoms with Crippen molar-refractivity contribution in [1.29, 1.82) is 0 Å². The third-order valence-electron chi connectivity index (χ3n) is 4.67. The van der Waals surface area contributed by atoms with Gasteiger partial charge in [-0.15, -0.1) is 0 Å². The molecule has 0 bridgehead atoms. The molecule has 0 radical (unpaired) electrons. The van der Waals surface area contributed by atoms with Gasteiger partial charge < -0.3 is 16.0 Å². The second-order valence-corrected chi connectivity index (χ2v) is 6.27. The first-order valence-corrected chi connectivity index (χ1v) is 8.15. The number of fused-ring (bicyclic) bond motifs is 1. The molecule has 5 nitrogen and oxygen atoms in total. The van der Waals surface area contributed by atoms with E-state index in [1.807, 2.05) is 12.1 Å². The van der Waals surface area contributed by atoms with E-state index in [1.54, 1.807) is 11.9 Å². The van der Waals surface area contributed by atoms with Crippen LogP contribution >= 0.6 is 0 Å². The van der Waals surface area contributed by atoms with E-state index in [-0.39, 0.29) is 17.6 Å². The van der Waals surface area contributed by atoms with Crippen molar-refractivity contribution in [3.63, 3.8) is 0 Å². The van der Waals surface area contributed by atoms with Gasteiger partial charge in [0.1, 0.15) is 5.82 Å². The number of nitrogens with two attached hydrogens (primary N) is 1. The van der Waals surface area contributed by atoms with Crippen LogP contribution in [0.25, 0.3) is 0 Å². The smallest absolute Gasteiger partial charge is 0.321 e. The number of benzene rings is 2. The Labute approximate surface area is 145 Å². The zero-order valence-electron chi connectivity index (χ0n) is 14.0. The normalized spacial score (nSPS) is 16.0. The summed E-state index contributed by atoms with van der Waals surface area (Å²) in [7, 11) is 1.74. The van der Waals surface area contributed by atoms with Crippen LogP contribution in [0, 0.1) is 5.82 Å². The maximum atomic E-state index is 13.5. The fraction of sp³-hybridized carbons (Fsp3) is 0.263. The van der Waals surface area contributed by atoms with Crippen molar-refractivity contribution in [2.75, 3.05) is 12.4 Å². The molecule has 1 atom stereocenters. The van der Waals surface area contributed by atoms with Gasteiger partial charge in [-0.3, -0.25) is 4.79 Å². The number of anilines is 1. The molecule has 3 amide bonds. The first-order chi connectivity index (χ1) is 12.0. The highest BCUT2D eigenvalue weighted by Crippen LogP contribution is 2.24. The Morgan fingerprint density at radius 2 is 1.92 bits per heavy atom. The van der Waals surface area contributed by atoms with E-state index in [0.717, 1.165) is 25.3 Å². The van der Waals surface area contributed by atoms with E-state index in [1.165, 1.54) is 23.3 Å². The number of hydrogen-bond acceptors (Lipinski definition) is 2. The highest BCUT2D eigenvalue weighted by atomic mass is 19.1. The lowest BCUT2D eigenvalue weighted by atomic mass is 9.88. The average molecular weight is 341 g/mol. The van der Waals surface area contributed by atoms with Crippen molar-refractivity contribution in [2.45, 2.75) is 25.3 Å². The number of likely N-dealkylation sites (N-methyl/N-ethyl adjacent to an activating group) is 1. The first kappa shape index (κ1) is 17.0. The molecule has 25 heavy (non-hydrogen) atoms. The van der Waals surface area contributed by atoms with Gasteiger partial charge in [-0.2, -0.15) is 0 Å².